The average molecular weight is 144 g/mol. The van der Waals surface area contributed by atoms with Crippen molar-refractivity contribution in [2.45, 2.75) is 6.04 Å². The third kappa shape index (κ3) is 1.39. The van der Waals surface area contributed by atoms with E-state index in [0.29, 0.717) is 6.61 Å². The number of carbonyl (C=O) groups excluding carboxylic acids is 1. The molecule has 1 fully saturated rings. The molecule has 0 bridgehead atoms. The molecule has 4 heteroatoms. The van der Waals surface area contributed by atoms with Gasteiger partial charge in [-0.25, -0.2) is 4.79 Å². The van der Waals surface area contributed by atoms with Gasteiger partial charge in [-0.1, -0.05) is 0 Å². The molecule has 0 radical (unpaired) electrons. The minimum atomic E-state index is -0.0120. The van der Waals surface area contributed by atoms with E-state index in [9.17, 15) is 4.79 Å². The smallest absolute Gasteiger partial charge is 0.317 e. The number of nitrogens with zero attached hydrogens (tertiary/aromatic N) is 1. The summed E-state index contributed by atoms with van der Waals surface area (Å²) < 4.78 is 4.88. The maximum atomic E-state index is 10.8. The highest BCUT2D eigenvalue weighted by atomic mass is 16.5. The Labute approximate surface area is 60.1 Å². The second-order valence-corrected chi connectivity index (χ2v) is 2.48. The number of methoxy groups -OCH3 is 1. The number of urea groups is 1. The molecule has 0 aliphatic carbocycles. The highest BCUT2D eigenvalue weighted by Crippen LogP contribution is 1.99. The van der Waals surface area contributed by atoms with Gasteiger partial charge in [-0.15, -0.1) is 0 Å². The summed E-state index contributed by atoms with van der Waals surface area (Å²) in [7, 11) is 3.40. The molecule has 10 heavy (non-hydrogen) atoms. The van der Waals surface area contributed by atoms with Crippen LogP contribution < -0.4 is 5.32 Å². The molecule has 0 aromatic carbocycles. The van der Waals surface area contributed by atoms with Gasteiger partial charge in [0.25, 0.3) is 0 Å². The Hall–Kier alpha value is -0.770. The van der Waals surface area contributed by atoms with Crippen molar-refractivity contribution < 1.29 is 9.53 Å². The summed E-state index contributed by atoms with van der Waals surface area (Å²) in [6.45, 7) is 1.34. The number of carbonyl (C=O) groups is 1. The first-order valence-corrected chi connectivity index (χ1v) is 3.24. The zero-order valence-corrected chi connectivity index (χ0v) is 6.26. The molecule has 1 heterocycles. The van der Waals surface area contributed by atoms with Gasteiger partial charge in [0.15, 0.2) is 0 Å². The van der Waals surface area contributed by atoms with Crippen molar-refractivity contribution in [3.63, 3.8) is 0 Å². The Kier molecular flexibility index (Phi) is 2.11. The van der Waals surface area contributed by atoms with E-state index in [-0.39, 0.29) is 12.1 Å². The number of likely N-dealkylation sites (N-methyl/N-ethyl adjacent to an activating group) is 1. The Morgan fingerprint density at radius 2 is 2.60 bits per heavy atom. The summed E-state index contributed by atoms with van der Waals surface area (Å²) in [6, 6.07) is 0.157. The summed E-state index contributed by atoms with van der Waals surface area (Å²) in [5.74, 6) is 0. The van der Waals surface area contributed by atoms with Crippen LogP contribution in [0.15, 0.2) is 0 Å². The zero-order valence-electron chi connectivity index (χ0n) is 6.26. The monoisotopic (exact) mass is 144 g/mol. The number of hydrogen-bond acceptors (Lipinski definition) is 2. The lowest BCUT2D eigenvalue weighted by atomic mass is 10.3. The lowest BCUT2D eigenvalue weighted by Crippen LogP contribution is -2.30. The van der Waals surface area contributed by atoms with Gasteiger partial charge in [0.2, 0.25) is 0 Å². The van der Waals surface area contributed by atoms with Crippen molar-refractivity contribution in [2.24, 2.45) is 0 Å². The predicted molar refractivity (Wildman–Crippen MR) is 36.8 cm³/mol. The molecule has 1 rings (SSSR count). The van der Waals surface area contributed by atoms with Crippen LogP contribution in [0.1, 0.15) is 0 Å². The molecule has 2 amide bonds. The average Bonchev–Trinajstić information content (AvgIpc) is 2.14. The van der Waals surface area contributed by atoms with Gasteiger partial charge in [-0.2, -0.15) is 0 Å². The number of amides is 2. The van der Waals surface area contributed by atoms with Gasteiger partial charge in [0, 0.05) is 20.7 Å². The Bertz CT molecular complexity index is 138. The summed E-state index contributed by atoms with van der Waals surface area (Å²) in [5.41, 5.74) is 0. The second-order valence-electron chi connectivity index (χ2n) is 2.48. The molecule has 0 aromatic heterocycles. The minimum absolute atomic E-state index is 0.0120. The summed E-state index contributed by atoms with van der Waals surface area (Å²) in [4.78, 5) is 12.5. The summed E-state index contributed by atoms with van der Waals surface area (Å²) in [6.07, 6.45) is 0. The fourth-order valence-electron chi connectivity index (χ4n) is 1.04. The van der Waals surface area contributed by atoms with Crippen LogP contribution in [0.5, 0.6) is 0 Å². The standard InChI is InChI=1S/C6H12N2O2/c1-8-3-5(4-10-2)7-6(8)9/h5H,3-4H2,1-2H3,(H,7,9)/t5-/m0/s1. The second kappa shape index (κ2) is 2.88. The molecular formula is C6H12N2O2. The largest absolute Gasteiger partial charge is 0.382 e. The molecular weight excluding hydrogens is 132 g/mol. The molecule has 4 nitrogen and oxygen atoms in total. The van der Waals surface area contributed by atoms with E-state index in [1.807, 2.05) is 0 Å². The van der Waals surface area contributed by atoms with E-state index in [1.54, 1.807) is 19.1 Å². The topological polar surface area (TPSA) is 41.6 Å². The van der Waals surface area contributed by atoms with E-state index in [2.05, 4.69) is 5.32 Å². The molecule has 1 aliphatic rings. The number of ether oxygens (including phenoxy) is 1. The van der Waals surface area contributed by atoms with Gasteiger partial charge in [-0.05, 0) is 0 Å². The molecule has 1 saturated heterocycles. The molecule has 1 N–H and O–H groups in total. The van der Waals surface area contributed by atoms with Crippen molar-refractivity contribution >= 4 is 6.03 Å². The van der Waals surface area contributed by atoms with Crippen molar-refractivity contribution in [3.05, 3.63) is 0 Å². The van der Waals surface area contributed by atoms with Crippen LogP contribution in [0.3, 0.4) is 0 Å². The first kappa shape index (κ1) is 7.34. The van der Waals surface area contributed by atoms with Crippen LogP contribution in [-0.2, 0) is 4.74 Å². The van der Waals surface area contributed by atoms with Gasteiger partial charge in [0.05, 0.1) is 12.6 Å². The number of rotatable bonds is 2. The lowest BCUT2D eigenvalue weighted by Gasteiger charge is -2.06. The van der Waals surface area contributed by atoms with E-state index in [1.165, 1.54) is 0 Å². The zero-order chi connectivity index (χ0) is 7.56. The SMILES string of the molecule is COC[C@@H]1CN(C)C(=O)N1. The van der Waals surface area contributed by atoms with Gasteiger partial charge < -0.3 is 15.0 Å². The van der Waals surface area contributed by atoms with Crippen molar-refractivity contribution in [2.75, 3.05) is 27.3 Å². The highest BCUT2D eigenvalue weighted by Gasteiger charge is 2.24. The quantitative estimate of drug-likeness (QED) is 0.576. The first-order valence-electron chi connectivity index (χ1n) is 3.24. The van der Waals surface area contributed by atoms with Crippen LogP contribution in [-0.4, -0.2) is 44.3 Å². The highest BCUT2D eigenvalue weighted by molar-refractivity contribution is 5.76. The molecule has 1 aliphatic heterocycles. The maximum absolute atomic E-state index is 10.8. The van der Waals surface area contributed by atoms with Gasteiger partial charge in [0.1, 0.15) is 0 Å². The predicted octanol–water partition coefficient (Wildman–Crippen LogP) is -0.344. The fraction of sp³-hybridized carbons (Fsp3) is 0.833. The third-order valence-corrected chi connectivity index (χ3v) is 1.54. The van der Waals surface area contributed by atoms with E-state index < -0.39 is 0 Å². The van der Waals surface area contributed by atoms with E-state index in [0.717, 1.165) is 6.54 Å². The lowest BCUT2D eigenvalue weighted by molar-refractivity contribution is 0.174. The number of hydrogen-bond donors (Lipinski definition) is 1. The molecule has 1 atom stereocenters. The molecule has 0 unspecified atom stereocenters. The Morgan fingerprint density at radius 1 is 1.90 bits per heavy atom. The minimum Gasteiger partial charge on any atom is -0.382 e. The van der Waals surface area contributed by atoms with Crippen LogP contribution >= 0.6 is 0 Å². The Balaban J connectivity index is 2.34. The van der Waals surface area contributed by atoms with Crippen LogP contribution in [0.4, 0.5) is 4.79 Å². The van der Waals surface area contributed by atoms with Gasteiger partial charge >= 0.3 is 6.03 Å². The maximum Gasteiger partial charge on any atom is 0.317 e. The summed E-state index contributed by atoms with van der Waals surface area (Å²) >= 11 is 0. The normalized spacial score (nSPS) is 25.2. The number of nitrogens with one attached hydrogen (secondary N) is 1. The van der Waals surface area contributed by atoms with Crippen LogP contribution in [0.25, 0.3) is 0 Å². The molecule has 58 valence electrons. The van der Waals surface area contributed by atoms with Crippen LogP contribution in [0, 0.1) is 0 Å². The first-order chi connectivity index (χ1) is 4.74. The van der Waals surface area contributed by atoms with E-state index >= 15 is 0 Å². The Morgan fingerprint density at radius 3 is 3.00 bits per heavy atom. The fourth-order valence-corrected chi connectivity index (χ4v) is 1.04. The van der Waals surface area contributed by atoms with Gasteiger partial charge in [-0.3, -0.25) is 0 Å². The molecule has 0 aromatic rings. The molecule has 0 spiro atoms. The van der Waals surface area contributed by atoms with E-state index in [4.69, 9.17) is 4.74 Å². The van der Waals surface area contributed by atoms with Crippen molar-refractivity contribution in [3.8, 4) is 0 Å². The third-order valence-electron chi connectivity index (χ3n) is 1.54. The van der Waals surface area contributed by atoms with Crippen molar-refractivity contribution in [1.29, 1.82) is 0 Å². The molecule has 0 saturated carbocycles. The van der Waals surface area contributed by atoms with Crippen LogP contribution in [0.2, 0.25) is 0 Å². The summed E-state index contributed by atoms with van der Waals surface area (Å²) in [5, 5.41) is 2.77. The van der Waals surface area contributed by atoms with Crippen molar-refractivity contribution in [1.82, 2.24) is 10.2 Å².